The van der Waals surface area contributed by atoms with E-state index in [1.165, 1.54) is 18.1 Å². The van der Waals surface area contributed by atoms with Crippen molar-refractivity contribution in [3.8, 4) is 0 Å². The zero-order chi connectivity index (χ0) is 26.7. The van der Waals surface area contributed by atoms with Crippen LogP contribution in [0.5, 0.6) is 0 Å². The van der Waals surface area contributed by atoms with E-state index >= 15 is 0 Å². The summed E-state index contributed by atoms with van der Waals surface area (Å²) in [5.74, 6) is 0.868. The summed E-state index contributed by atoms with van der Waals surface area (Å²) in [4.78, 5) is 11.8. The molecule has 0 spiro atoms. The fourth-order valence-corrected chi connectivity index (χ4v) is 9.88. The van der Waals surface area contributed by atoms with Gasteiger partial charge < -0.3 is 14.9 Å². The summed E-state index contributed by atoms with van der Waals surface area (Å²) in [6, 6.07) is 0. The van der Waals surface area contributed by atoms with Gasteiger partial charge in [0.05, 0.1) is 6.10 Å². The molecule has 0 bridgehead atoms. The maximum Gasteiger partial charge on any atom is 0.302 e. The van der Waals surface area contributed by atoms with Gasteiger partial charge in [-0.3, -0.25) is 4.79 Å². The van der Waals surface area contributed by atoms with Gasteiger partial charge in [-0.05, 0) is 100 Å². The topological polar surface area (TPSA) is 66.8 Å². The first-order valence-electron chi connectivity index (χ1n) is 14.6. The summed E-state index contributed by atoms with van der Waals surface area (Å²) >= 11 is 0. The van der Waals surface area contributed by atoms with Gasteiger partial charge >= 0.3 is 5.97 Å². The highest BCUT2D eigenvalue weighted by atomic mass is 16.5. The number of hydrogen-bond donors (Lipinski definition) is 2. The number of hydrogen-bond acceptors (Lipinski definition) is 4. The van der Waals surface area contributed by atoms with E-state index in [1.807, 2.05) is 0 Å². The lowest BCUT2D eigenvalue weighted by Crippen LogP contribution is -2.56. The average Bonchev–Trinajstić information content (AvgIpc) is 3.00. The van der Waals surface area contributed by atoms with Gasteiger partial charge in [0.25, 0.3) is 0 Å². The van der Waals surface area contributed by atoms with Crippen LogP contribution in [0.25, 0.3) is 0 Å². The van der Waals surface area contributed by atoms with E-state index in [9.17, 15) is 15.0 Å². The Morgan fingerprint density at radius 2 is 1.75 bits per heavy atom. The first-order chi connectivity index (χ1) is 16.7. The van der Waals surface area contributed by atoms with Crippen LogP contribution in [0.4, 0.5) is 0 Å². The number of aliphatic hydroxyl groups excluding tert-OH is 2. The molecule has 0 aromatic rings. The maximum atomic E-state index is 11.8. The molecule has 0 saturated heterocycles. The number of aliphatic hydroxyl groups is 2. The Morgan fingerprint density at radius 1 is 1.06 bits per heavy atom. The van der Waals surface area contributed by atoms with Crippen LogP contribution in [0.1, 0.15) is 113 Å². The van der Waals surface area contributed by atoms with Gasteiger partial charge in [0.2, 0.25) is 0 Å². The van der Waals surface area contributed by atoms with Crippen LogP contribution < -0.4 is 0 Å². The molecule has 0 radical (unpaired) electrons. The Bertz CT molecular complexity index is 926. The standard InChI is InChI=1S/C32H52O4/c1-20(2)10-9-11-22(19-33)25-18-27(35)32(8)24-12-13-26-29(4,5)28(36-21(3)34)15-16-30(26,6)23(24)14-17-31(25,32)7/h10,22,25-28,33,35H,9,11-19H2,1-8H3/t22-,25+,26-,27?,28?,30+,31+,32+/m0/s1. The molecule has 2 saturated carbocycles. The van der Waals surface area contributed by atoms with Crippen molar-refractivity contribution in [3.05, 3.63) is 22.8 Å². The Morgan fingerprint density at radius 3 is 2.36 bits per heavy atom. The lowest BCUT2D eigenvalue weighted by molar-refractivity contribution is -0.167. The van der Waals surface area contributed by atoms with E-state index in [-0.39, 0.29) is 52.4 Å². The molecule has 204 valence electrons. The number of carbonyl (C=O) groups is 1. The molecule has 0 amide bonds. The third-order valence-corrected chi connectivity index (χ3v) is 12.0. The van der Waals surface area contributed by atoms with E-state index in [2.05, 4.69) is 54.5 Å². The van der Waals surface area contributed by atoms with Crippen molar-refractivity contribution in [2.45, 2.75) is 125 Å². The van der Waals surface area contributed by atoms with Crippen molar-refractivity contribution in [3.63, 3.8) is 0 Å². The third-order valence-electron chi connectivity index (χ3n) is 12.0. The Hall–Kier alpha value is -1.13. The lowest BCUT2D eigenvalue weighted by atomic mass is 9.43. The summed E-state index contributed by atoms with van der Waals surface area (Å²) in [5, 5.41) is 22.2. The fraction of sp³-hybridized carbons (Fsp3) is 0.844. The molecule has 2 unspecified atom stereocenters. The van der Waals surface area contributed by atoms with Crippen LogP contribution in [0.2, 0.25) is 0 Å². The second-order valence-corrected chi connectivity index (χ2v) is 14.2. The largest absolute Gasteiger partial charge is 0.462 e. The van der Waals surface area contributed by atoms with Crippen LogP contribution in [0.3, 0.4) is 0 Å². The van der Waals surface area contributed by atoms with Crippen molar-refractivity contribution >= 4 is 5.97 Å². The zero-order valence-electron chi connectivity index (χ0n) is 24.2. The van der Waals surface area contributed by atoms with Gasteiger partial charge in [-0.25, -0.2) is 0 Å². The van der Waals surface area contributed by atoms with Crippen LogP contribution in [0.15, 0.2) is 22.8 Å². The SMILES string of the molecule is CC(=O)OC1CC[C@]2(C)C3=C(CC[C@H]2C1(C)C)[C@]1(C)C(O)C[C@H]([C@H](CO)CCC=C(C)C)[C@@]1(C)CC3. The smallest absolute Gasteiger partial charge is 0.302 e. The molecular formula is C32H52O4. The van der Waals surface area contributed by atoms with Crippen molar-refractivity contribution in [2.75, 3.05) is 6.61 Å². The predicted octanol–water partition coefficient (Wildman–Crippen LogP) is 6.99. The molecular weight excluding hydrogens is 448 g/mol. The second-order valence-electron chi connectivity index (χ2n) is 14.2. The third kappa shape index (κ3) is 4.04. The summed E-state index contributed by atoms with van der Waals surface area (Å²) in [5.41, 5.74) is 4.26. The molecule has 4 aliphatic rings. The quantitative estimate of drug-likeness (QED) is 0.305. The van der Waals surface area contributed by atoms with Crippen molar-refractivity contribution in [1.82, 2.24) is 0 Å². The highest BCUT2D eigenvalue weighted by Crippen LogP contribution is 2.72. The molecule has 0 heterocycles. The minimum Gasteiger partial charge on any atom is -0.462 e. The van der Waals surface area contributed by atoms with Gasteiger partial charge in [-0.2, -0.15) is 0 Å². The van der Waals surface area contributed by atoms with Crippen LogP contribution in [-0.2, 0) is 9.53 Å². The van der Waals surface area contributed by atoms with Crippen LogP contribution in [-0.4, -0.2) is 35.0 Å². The Balaban J connectivity index is 1.69. The monoisotopic (exact) mass is 500 g/mol. The lowest BCUT2D eigenvalue weighted by Gasteiger charge is -2.62. The number of ether oxygens (including phenoxy) is 1. The molecule has 4 rings (SSSR count). The summed E-state index contributed by atoms with van der Waals surface area (Å²) in [6.07, 6.45) is 10.9. The van der Waals surface area contributed by atoms with E-state index in [4.69, 9.17) is 4.74 Å². The first kappa shape index (κ1) is 27.9. The van der Waals surface area contributed by atoms with Gasteiger partial charge in [0.1, 0.15) is 6.10 Å². The first-order valence-corrected chi connectivity index (χ1v) is 14.6. The normalized spacial score (nSPS) is 42.2. The van der Waals surface area contributed by atoms with E-state index in [1.54, 1.807) is 5.57 Å². The number of esters is 1. The average molecular weight is 501 g/mol. The molecule has 2 fully saturated rings. The molecule has 0 aromatic heterocycles. The highest BCUT2D eigenvalue weighted by Gasteiger charge is 2.66. The van der Waals surface area contributed by atoms with Gasteiger partial charge in [0.15, 0.2) is 0 Å². The number of carbonyl (C=O) groups excluding carboxylic acids is 1. The van der Waals surface area contributed by atoms with E-state index < -0.39 is 0 Å². The molecule has 2 N–H and O–H groups in total. The van der Waals surface area contributed by atoms with Gasteiger partial charge in [-0.15, -0.1) is 0 Å². The second kappa shape index (κ2) is 9.56. The van der Waals surface area contributed by atoms with Crippen molar-refractivity contribution in [1.29, 1.82) is 0 Å². The molecule has 4 aliphatic carbocycles. The maximum absolute atomic E-state index is 11.8. The minimum absolute atomic E-state index is 0.00270. The molecule has 0 aromatic carbocycles. The van der Waals surface area contributed by atoms with E-state index in [0.717, 1.165) is 57.8 Å². The zero-order valence-corrected chi connectivity index (χ0v) is 24.2. The minimum atomic E-state index is -0.360. The van der Waals surface area contributed by atoms with Crippen molar-refractivity contribution < 1.29 is 19.7 Å². The summed E-state index contributed by atoms with van der Waals surface area (Å²) in [7, 11) is 0. The molecule has 0 aliphatic heterocycles. The highest BCUT2D eigenvalue weighted by molar-refractivity contribution is 5.66. The Labute approximate surface area is 220 Å². The van der Waals surface area contributed by atoms with Crippen LogP contribution in [0, 0.1) is 39.4 Å². The van der Waals surface area contributed by atoms with Gasteiger partial charge in [-0.1, -0.05) is 57.4 Å². The van der Waals surface area contributed by atoms with Crippen molar-refractivity contribution in [2.24, 2.45) is 39.4 Å². The molecule has 36 heavy (non-hydrogen) atoms. The predicted molar refractivity (Wildman–Crippen MR) is 145 cm³/mol. The molecule has 8 atom stereocenters. The van der Waals surface area contributed by atoms with E-state index in [0.29, 0.717) is 11.8 Å². The Kier molecular flexibility index (Phi) is 7.41. The molecule has 4 nitrogen and oxygen atoms in total. The van der Waals surface area contributed by atoms with Gasteiger partial charge in [0, 0.05) is 24.4 Å². The number of allylic oxidation sites excluding steroid dienone is 3. The number of rotatable bonds is 6. The van der Waals surface area contributed by atoms with Crippen LogP contribution >= 0.6 is 0 Å². The number of fused-ring (bicyclic) bond motifs is 4. The summed E-state index contributed by atoms with van der Waals surface area (Å²) in [6.45, 7) is 17.9. The summed E-state index contributed by atoms with van der Waals surface area (Å²) < 4.78 is 5.84. The molecule has 4 heteroatoms. The fourth-order valence-electron chi connectivity index (χ4n) is 9.88.